The van der Waals surface area contributed by atoms with Crippen molar-refractivity contribution in [1.82, 2.24) is 5.32 Å². The van der Waals surface area contributed by atoms with Crippen molar-refractivity contribution in [2.24, 2.45) is 11.8 Å². The second kappa shape index (κ2) is 6.11. The Kier molecular flexibility index (Phi) is 4.31. The second-order valence-electron chi connectivity index (χ2n) is 6.57. The molecule has 23 heavy (non-hydrogen) atoms. The van der Waals surface area contributed by atoms with Crippen LogP contribution in [0.15, 0.2) is 24.3 Å². The van der Waals surface area contributed by atoms with Crippen LogP contribution < -0.4 is 9.62 Å². The van der Waals surface area contributed by atoms with Crippen molar-refractivity contribution in [2.45, 2.75) is 31.7 Å². The van der Waals surface area contributed by atoms with E-state index in [4.69, 9.17) is 0 Å². The molecular weight excluding hydrogens is 319 g/mol. The highest BCUT2D eigenvalue weighted by Gasteiger charge is 2.40. The first-order valence-corrected chi connectivity index (χ1v) is 9.71. The molecule has 2 bridgehead atoms. The van der Waals surface area contributed by atoms with Crippen LogP contribution in [0.25, 0.3) is 0 Å². The maximum absolute atomic E-state index is 13.9. The number of rotatable bonds is 5. The van der Waals surface area contributed by atoms with Gasteiger partial charge >= 0.3 is 0 Å². The molecular formula is C16H21FN2O3S. The van der Waals surface area contributed by atoms with Crippen LogP contribution in [0.5, 0.6) is 0 Å². The van der Waals surface area contributed by atoms with Gasteiger partial charge in [-0.15, -0.1) is 0 Å². The van der Waals surface area contributed by atoms with Gasteiger partial charge < -0.3 is 5.32 Å². The number of amides is 1. The molecule has 2 fully saturated rings. The number of anilines is 1. The summed E-state index contributed by atoms with van der Waals surface area (Å²) in [5, 5.41) is 2.93. The standard InChI is InChI=1S/C16H21FN2O3S/c1-23(21,22)19(15-5-3-2-4-13(15)17)10-16(20)18-14-9-11-6-7-12(14)8-11/h2-5,11-12,14H,6-10H2,1H3,(H,18,20)/t11-,12-,14-/m0/s1. The lowest BCUT2D eigenvalue weighted by molar-refractivity contribution is -0.120. The Morgan fingerprint density at radius 3 is 2.61 bits per heavy atom. The van der Waals surface area contributed by atoms with E-state index in [0.717, 1.165) is 29.8 Å². The van der Waals surface area contributed by atoms with E-state index in [1.165, 1.54) is 24.6 Å². The summed E-state index contributed by atoms with van der Waals surface area (Å²) in [7, 11) is -3.75. The third kappa shape index (κ3) is 3.49. The number of hydrogen-bond donors (Lipinski definition) is 1. The van der Waals surface area contributed by atoms with Crippen LogP contribution in [0, 0.1) is 17.7 Å². The van der Waals surface area contributed by atoms with Crippen LogP contribution in [0.4, 0.5) is 10.1 Å². The summed E-state index contributed by atoms with van der Waals surface area (Å²) < 4.78 is 38.7. The summed E-state index contributed by atoms with van der Waals surface area (Å²) in [5.41, 5.74) is -0.0990. The third-order valence-electron chi connectivity index (χ3n) is 4.89. The summed E-state index contributed by atoms with van der Waals surface area (Å²) in [6.45, 7) is -0.395. The Morgan fingerprint density at radius 2 is 2.04 bits per heavy atom. The first-order chi connectivity index (χ1) is 10.8. The normalized spacial score (nSPS) is 26.3. The molecule has 5 nitrogen and oxygen atoms in total. The lowest BCUT2D eigenvalue weighted by atomic mass is 9.95. The summed E-state index contributed by atoms with van der Waals surface area (Å²) in [6.07, 6.45) is 5.44. The second-order valence-corrected chi connectivity index (χ2v) is 8.48. The topological polar surface area (TPSA) is 66.5 Å². The number of hydrogen-bond acceptors (Lipinski definition) is 3. The van der Waals surface area contributed by atoms with E-state index in [0.29, 0.717) is 11.8 Å². The number of carbonyl (C=O) groups is 1. The van der Waals surface area contributed by atoms with Gasteiger partial charge in [0.1, 0.15) is 12.4 Å². The maximum Gasteiger partial charge on any atom is 0.241 e. The zero-order chi connectivity index (χ0) is 16.6. The molecule has 0 unspecified atom stereocenters. The van der Waals surface area contributed by atoms with Crippen molar-refractivity contribution in [3.8, 4) is 0 Å². The maximum atomic E-state index is 13.9. The van der Waals surface area contributed by atoms with E-state index >= 15 is 0 Å². The molecule has 1 aromatic carbocycles. The zero-order valence-electron chi connectivity index (χ0n) is 13.0. The van der Waals surface area contributed by atoms with Crippen molar-refractivity contribution < 1.29 is 17.6 Å². The van der Waals surface area contributed by atoms with Gasteiger partial charge in [-0.3, -0.25) is 9.10 Å². The molecule has 3 atom stereocenters. The van der Waals surface area contributed by atoms with Crippen LogP contribution in [-0.4, -0.2) is 33.2 Å². The predicted octanol–water partition coefficient (Wildman–Crippen LogP) is 1.90. The zero-order valence-corrected chi connectivity index (χ0v) is 13.9. The van der Waals surface area contributed by atoms with Crippen LogP contribution in [0.1, 0.15) is 25.7 Å². The minimum Gasteiger partial charge on any atom is -0.352 e. The van der Waals surface area contributed by atoms with E-state index in [2.05, 4.69) is 5.32 Å². The number of nitrogens with one attached hydrogen (secondary N) is 1. The minimum atomic E-state index is -3.75. The Hall–Kier alpha value is -1.63. The molecule has 0 spiro atoms. The van der Waals surface area contributed by atoms with E-state index in [-0.39, 0.29) is 17.6 Å². The fraction of sp³-hybridized carbons (Fsp3) is 0.562. The Bertz CT molecular complexity index is 707. The van der Waals surface area contributed by atoms with Gasteiger partial charge in [0, 0.05) is 6.04 Å². The quantitative estimate of drug-likeness (QED) is 0.890. The molecule has 0 heterocycles. The molecule has 1 aromatic rings. The summed E-state index contributed by atoms with van der Waals surface area (Å²) >= 11 is 0. The van der Waals surface area contributed by atoms with Gasteiger partial charge in [-0.05, 0) is 43.2 Å². The van der Waals surface area contributed by atoms with Crippen LogP contribution >= 0.6 is 0 Å². The lowest BCUT2D eigenvalue weighted by Gasteiger charge is -2.26. The van der Waals surface area contributed by atoms with Crippen molar-refractivity contribution in [3.05, 3.63) is 30.1 Å². The molecule has 126 valence electrons. The summed E-state index contributed by atoms with van der Waals surface area (Å²) in [4.78, 5) is 12.3. The Balaban J connectivity index is 1.72. The molecule has 2 saturated carbocycles. The van der Waals surface area contributed by atoms with Crippen LogP contribution in [0.2, 0.25) is 0 Å². The van der Waals surface area contributed by atoms with E-state index in [9.17, 15) is 17.6 Å². The van der Waals surface area contributed by atoms with Gasteiger partial charge in [-0.2, -0.15) is 0 Å². The van der Waals surface area contributed by atoms with Gasteiger partial charge in [0.25, 0.3) is 0 Å². The largest absolute Gasteiger partial charge is 0.352 e. The molecule has 2 aliphatic rings. The SMILES string of the molecule is CS(=O)(=O)N(CC(=O)N[C@H]1C[C@H]2CC[C@H]1C2)c1ccccc1F. The predicted molar refractivity (Wildman–Crippen MR) is 86.0 cm³/mol. The molecule has 7 heteroatoms. The first kappa shape index (κ1) is 16.2. The third-order valence-corrected chi connectivity index (χ3v) is 6.02. The molecule has 0 saturated heterocycles. The lowest BCUT2D eigenvalue weighted by Crippen LogP contribution is -2.45. The highest BCUT2D eigenvalue weighted by molar-refractivity contribution is 7.92. The number of benzene rings is 1. The van der Waals surface area contributed by atoms with Crippen molar-refractivity contribution in [2.75, 3.05) is 17.1 Å². The van der Waals surface area contributed by atoms with Gasteiger partial charge in [0.2, 0.25) is 15.9 Å². The van der Waals surface area contributed by atoms with Crippen molar-refractivity contribution in [3.63, 3.8) is 0 Å². The Morgan fingerprint density at radius 1 is 1.30 bits per heavy atom. The van der Waals surface area contributed by atoms with Crippen molar-refractivity contribution >= 4 is 21.6 Å². The first-order valence-electron chi connectivity index (χ1n) is 7.86. The van der Waals surface area contributed by atoms with Crippen LogP contribution in [-0.2, 0) is 14.8 Å². The van der Waals surface area contributed by atoms with E-state index < -0.39 is 22.4 Å². The monoisotopic (exact) mass is 340 g/mol. The van der Waals surface area contributed by atoms with Crippen molar-refractivity contribution in [1.29, 1.82) is 0 Å². The summed E-state index contributed by atoms with van der Waals surface area (Å²) in [6, 6.07) is 5.70. The van der Waals surface area contributed by atoms with Gasteiger partial charge in [-0.25, -0.2) is 12.8 Å². The molecule has 0 aliphatic heterocycles. The van der Waals surface area contributed by atoms with Gasteiger partial charge in [0.05, 0.1) is 11.9 Å². The average Bonchev–Trinajstić information content (AvgIpc) is 3.07. The molecule has 0 aromatic heterocycles. The molecule has 3 rings (SSSR count). The number of halogens is 1. The molecule has 1 amide bonds. The Labute approximate surface area is 135 Å². The molecule has 1 N–H and O–H groups in total. The van der Waals surface area contributed by atoms with Gasteiger partial charge in [-0.1, -0.05) is 18.6 Å². The number of sulfonamides is 1. The van der Waals surface area contributed by atoms with E-state index in [1.807, 2.05) is 0 Å². The number of carbonyl (C=O) groups excluding carboxylic acids is 1. The highest BCUT2D eigenvalue weighted by atomic mass is 32.2. The molecule has 0 radical (unpaired) electrons. The van der Waals surface area contributed by atoms with E-state index in [1.54, 1.807) is 6.07 Å². The van der Waals surface area contributed by atoms with Gasteiger partial charge in [0.15, 0.2) is 0 Å². The fourth-order valence-corrected chi connectivity index (χ4v) is 4.70. The molecule has 2 aliphatic carbocycles. The fourth-order valence-electron chi connectivity index (χ4n) is 3.84. The van der Waals surface area contributed by atoms with Crippen LogP contribution in [0.3, 0.4) is 0 Å². The smallest absolute Gasteiger partial charge is 0.241 e. The number of nitrogens with zero attached hydrogens (tertiary/aromatic N) is 1. The average molecular weight is 340 g/mol. The number of para-hydroxylation sites is 1. The summed E-state index contributed by atoms with van der Waals surface area (Å²) in [5.74, 6) is 0.147. The highest BCUT2D eigenvalue weighted by Crippen LogP contribution is 2.44. The minimum absolute atomic E-state index is 0.0990. The number of fused-ring (bicyclic) bond motifs is 2.